The highest BCUT2D eigenvalue weighted by molar-refractivity contribution is 6.35. The zero-order valence-electron chi connectivity index (χ0n) is 10.4. The quantitative estimate of drug-likeness (QED) is 0.807. The van der Waals surface area contributed by atoms with Gasteiger partial charge in [0, 0.05) is 34.4 Å². The van der Waals surface area contributed by atoms with E-state index >= 15 is 0 Å². The molecule has 0 bridgehead atoms. The van der Waals surface area contributed by atoms with Gasteiger partial charge in [-0.3, -0.25) is 4.98 Å². The molecule has 3 aromatic rings. The molecular formula is C14H11Cl2N3O. The Labute approximate surface area is 125 Å². The van der Waals surface area contributed by atoms with E-state index in [0.717, 1.165) is 16.6 Å². The lowest BCUT2D eigenvalue weighted by atomic mass is 10.0. The minimum atomic E-state index is -0.699. The number of hydrogen-bond acceptors (Lipinski definition) is 3. The molecule has 1 aromatic carbocycles. The molecular weight excluding hydrogens is 297 g/mol. The summed E-state index contributed by atoms with van der Waals surface area (Å²) in [7, 11) is 0. The summed E-state index contributed by atoms with van der Waals surface area (Å²) >= 11 is 12.0. The van der Waals surface area contributed by atoms with Crippen molar-refractivity contribution >= 4 is 28.7 Å². The molecule has 3 rings (SSSR count). The first-order valence-electron chi connectivity index (χ1n) is 6.04. The van der Waals surface area contributed by atoms with Gasteiger partial charge in [-0.2, -0.15) is 5.10 Å². The van der Waals surface area contributed by atoms with Crippen molar-refractivity contribution in [3.05, 3.63) is 64.2 Å². The molecule has 6 heteroatoms. The maximum atomic E-state index is 10.4. The second-order valence-corrected chi connectivity index (χ2v) is 5.31. The van der Waals surface area contributed by atoms with E-state index in [1.165, 1.54) is 0 Å². The van der Waals surface area contributed by atoms with Crippen LogP contribution in [-0.4, -0.2) is 19.7 Å². The molecule has 20 heavy (non-hydrogen) atoms. The van der Waals surface area contributed by atoms with E-state index < -0.39 is 6.10 Å². The van der Waals surface area contributed by atoms with Crippen molar-refractivity contribution in [2.75, 3.05) is 0 Å². The lowest BCUT2D eigenvalue weighted by Crippen LogP contribution is -2.02. The Morgan fingerprint density at radius 2 is 2.10 bits per heavy atom. The van der Waals surface area contributed by atoms with Crippen LogP contribution >= 0.6 is 23.2 Å². The maximum Gasteiger partial charge on any atom is 0.0903 e. The summed E-state index contributed by atoms with van der Waals surface area (Å²) in [5, 5.41) is 15.7. The summed E-state index contributed by atoms with van der Waals surface area (Å²) in [6.07, 6.45) is 6.40. The third-order valence-electron chi connectivity index (χ3n) is 3.14. The number of nitrogens with zero attached hydrogens (tertiary/aromatic N) is 3. The van der Waals surface area contributed by atoms with Gasteiger partial charge in [-0.05, 0) is 17.7 Å². The Balaban J connectivity index is 1.91. The topological polar surface area (TPSA) is 50.4 Å². The van der Waals surface area contributed by atoms with Crippen LogP contribution in [0, 0.1) is 0 Å². The number of halogens is 2. The largest absolute Gasteiger partial charge is 0.388 e. The highest BCUT2D eigenvalue weighted by Gasteiger charge is 2.15. The molecule has 2 heterocycles. The molecule has 0 aliphatic carbocycles. The minimum Gasteiger partial charge on any atom is -0.388 e. The number of rotatable bonds is 3. The average molecular weight is 308 g/mol. The van der Waals surface area contributed by atoms with E-state index in [0.29, 0.717) is 16.5 Å². The van der Waals surface area contributed by atoms with E-state index in [-0.39, 0.29) is 0 Å². The molecule has 1 N–H and O–H groups in total. The molecule has 0 spiro atoms. The van der Waals surface area contributed by atoms with Crippen LogP contribution in [-0.2, 0) is 6.42 Å². The fourth-order valence-electron chi connectivity index (χ4n) is 2.11. The van der Waals surface area contributed by atoms with Gasteiger partial charge in [0.2, 0.25) is 0 Å². The van der Waals surface area contributed by atoms with Gasteiger partial charge in [-0.25, -0.2) is 4.52 Å². The summed E-state index contributed by atoms with van der Waals surface area (Å²) in [6.45, 7) is 0. The minimum absolute atomic E-state index is 0.395. The first-order valence-corrected chi connectivity index (χ1v) is 6.80. The first kappa shape index (κ1) is 13.4. The maximum absolute atomic E-state index is 10.4. The normalized spacial score (nSPS) is 12.8. The van der Waals surface area contributed by atoms with E-state index in [1.54, 1.807) is 41.4 Å². The van der Waals surface area contributed by atoms with E-state index in [9.17, 15) is 5.11 Å². The van der Waals surface area contributed by atoms with Crippen molar-refractivity contribution < 1.29 is 5.11 Å². The molecule has 1 unspecified atom stereocenters. The van der Waals surface area contributed by atoms with E-state index in [1.807, 2.05) is 6.07 Å². The van der Waals surface area contributed by atoms with Gasteiger partial charge in [0.05, 0.1) is 24.0 Å². The summed E-state index contributed by atoms with van der Waals surface area (Å²) in [5.41, 5.74) is 2.35. The number of aromatic nitrogens is 3. The lowest BCUT2D eigenvalue weighted by Gasteiger charge is -2.11. The van der Waals surface area contributed by atoms with E-state index in [4.69, 9.17) is 23.2 Å². The second-order valence-electron chi connectivity index (χ2n) is 4.46. The smallest absolute Gasteiger partial charge is 0.0903 e. The van der Waals surface area contributed by atoms with Gasteiger partial charge in [0.15, 0.2) is 0 Å². The van der Waals surface area contributed by atoms with Gasteiger partial charge >= 0.3 is 0 Å². The van der Waals surface area contributed by atoms with Crippen LogP contribution in [0.25, 0.3) is 5.52 Å². The third-order valence-corrected chi connectivity index (χ3v) is 3.73. The average Bonchev–Trinajstić information content (AvgIpc) is 2.86. The molecule has 0 fully saturated rings. The van der Waals surface area contributed by atoms with Crippen molar-refractivity contribution in [3.63, 3.8) is 0 Å². The molecule has 102 valence electrons. The van der Waals surface area contributed by atoms with Crippen LogP contribution in [0.3, 0.4) is 0 Å². The van der Waals surface area contributed by atoms with Gasteiger partial charge in [-0.15, -0.1) is 0 Å². The summed E-state index contributed by atoms with van der Waals surface area (Å²) < 4.78 is 1.68. The van der Waals surface area contributed by atoms with Gasteiger partial charge < -0.3 is 5.11 Å². The number of benzene rings is 1. The van der Waals surface area contributed by atoms with Crippen molar-refractivity contribution in [2.24, 2.45) is 0 Å². The first-order chi connectivity index (χ1) is 9.65. The van der Waals surface area contributed by atoms with Crippen molar-refractivity contribution in [2.45, 2.75) is 12.5 Å². The standard InChI is InChI=1S/C14H11Cl2N3O/c15-10-2-1-9(12(16)6-10)5-14(20)11-7-18-19-4-3-17-8-13(11)19/h1-4,6-8,14,20H,5H2. The van der Waals surface area contributed by atoms with Crippen molar-refractivity contribution in [1.82, 2.24) is 14.6 Å². The molecule has 0 aliphatic heterocycles. The van der Waals surface area contributed by atoms with Crippen LogP contribution in [0.5, 0.6) is 0 Å². The number of fused-ring (bicyclic) bond motifs is 1. The summed E-state index contributed by atoms with van der Waals surface area (Å²) in [6, 6.07) is 5.24. The fraction of sp³-hybridized carbons (Fsp3) is 0.143. The number of aliphatic hydroxyl groups excluding tert-OH is 1. The Kier molecular flexibility index (Phi) is 3.61. The fourth-order valence-corrected chi connectivity index (χ4v) is 2.60. The molecule has 0 radical (unpaired) electrons. The van der Waals surface area contributed by atoms with Crippen LogP contribution in [0.4, 0.5) is 0 Å². The monoisotopic (exact) mass is 307 g/mol. The third kappa shape index (κ3) is 2.50. The molecule has 0 saturated heterocycles. The molecule has 4 nitrogen and oxygen atoms in total. The van der Waals surface area contributed by atoms with Gasteiger partial charge in [0.25, 0.3) is 0 Å². The van der Waals surface area contributed by atoms with E-state index in [2.05, 4.69) is 10.1 Å². The van der Waals surface area contributed by atoms with Crippen LogP contribution < -0.4 is 0 Å². The Bertz CT molecular complexity index is 757. The van der Waals surface area contributed by atoms with Crippen LogP contribution in [0.1, 0.15) is 17.2 Å². The molecule has 2 aromatic heterocycles. The predicted octanol–water partition coefficient (Wildman–Crippen LogP) is 3.31. The lowest BCUT2D eigenvalue weighted by molar-refractivity contribution is 0.180. The van der Waals surface area contributed by atoms with Gasteiger partial charge in [0.1, 0.15) is 0 Å². The Hall–Kier alpha value is -1.62. The predicted molar refractivity (Wildman–Crippen MR) is 78.1 cm³/mol. The van der Waals surface area contributed by atoms with Crippen LogP contribution in [0.15, 0.2) is 43.0 Å². The molecule has 0 aliphatic rings. The Morgan fingerprint density at radius 1 is 1.25 bits per heavy atom. The Morgan fingerprint density at radius 3 is 2.90 bits per heavy atom. The van der Waals surface area contributed by atoms with Gasteiger partial charge in [-0.1, -0.05) is 29.3 Å². The molecule has 1 atom stereocenters. The van der Waals surface area contributed by atoms with Crippen LogP contribution in [0.2, 0.25) is 10.0 Å². The van der Waals surface area contributed by atoms with Crippen molar-refractivity contribution in [3.8, 4) is 0 Å². The SMILES string of the molecule is OC(Cc1ccc(Cl)cc1Cl)c1cnn2ccncc12. The zero-order valence-corrected chi connectivity index (χ0v) is 11.9. The second kappa shape index (κ2) is 5.40. The number of hydrogen-bond donors (Lipinski definition) is 1. The zero-order chi connectivity index (χ0) is 14.1. The van der Waals surface area contributed by atoms with Crippen molar-refractivity contribution in [1.29, 1.82) is 0 Å². The number of aliphatic hydroxyl groups is 1. The summed E-state index contributed by atoms with van der Waals surface area (Å²) in [4.78, 5) is 4.05. The summed E-state index contributed by atoms with van der Waals surface area (Å²) in [5.74, 6) is 0. The highest BCUT2D eigenvalue weighted by Crippen LogP contribution is 2.27. The molecule has 0 amide bonds. The molecule has 0 saturated carbocycles. The highest BCUT2D eigenvalue weighted by atomic mass is 35.5.